The van der Waals surface area contributed by atoms with Crippen molar-refractivity contribution < 1.29 is 14.3 Å². The van der Waals surface area contributed by atoms with Crippen molar-refractivity contribution in [3.05, 3.63) is 71.5 Å². The van der Waals surface area contributed by atoms with E-state index in [4.69, 9.17) is 9.47 Å². The highest BCUT2D eigenvalue weighted by Gasteiger charge is 2.27. The number of aromatic nitrogens is 2. The van der Waals surface area contributed by atoms with E-state index in [9.17, 15) is 4.79 Å². The van der Waals surface area contributed by atoms with E-state index >= 15 is 0 Å². The Morgan fingerprint density at radius 1 is 1.07 bits per heavy atom. The number of hydrogen-bond acceptors (Lipinski definition) is 5. The second-order valence-corrected chi connectivity index (χ2v) is 6.26. The van der Waals surface area contributed by atoms with E-state index in [0.29, 0.717) is 29.3 Å². The minimum absolute atomic E-state index is 0.175. The molecule has 7 nitrogen and oxygen atoms in total. The molecule has 1 aliphatic heterocycles. The first-order chi connectivity index (χ1) is 13.2. The van der Waals surface area contributed by atoms with Crippen LogP contribution in [0.5, 0.6) is 11.5 Å². The number of benzene rings is 2. The Morgan fingerprint density at radius 2 is 1.81 bits per heavy atom. The van der Waals surface area contributed by atoms with Gasteiger partial charge in [0.1, 0.15) is 6.17 Å². The topological polar surface area (TPSA) is 77.4 Å². The number of fused-ring (bicyclic) bond motifs is 1. The molecular formula is C20H20N4O3. The van der Waals surface area contributed by atoms with E-state index < -0.39 is 0 Å². The molecule has 1 aromatic heterocycles. The van der Waals surface area contributed by atoms with Crippen LogP contribution in [0, 0.1) is 0 Å². The number of nitrogens with zero attached hydrogens (tertiary/aromatic N) is 2. The predicted molar refractivity (Wildman–Crippen MR) is 101 cm³/mol. The van der Waals surface area contributed by atoms with Crippen LogP contribution in [0.25, 0.3) is 0 Å². The fourth-order valence-electron chi connectivity index (χ4n) is 3.14. The molecule has 2 heterocycles. The highest BCUT2D eigenvalue weighted by atomic mass is 16.5. The highest BCUT2D eigenvalue weighted by molar-refractivity contribution is 6.02. The number of nitrogens with one attached hydrogen (secondary N) is 2. The van der Waals surface area contributed by atoms with Gasteiger partial charge in [-0.3, -0.25) is 9.48 Å². The second kappa shape index (κ2) is 7.03. The maximum Gasteiger partial charge on any atom is 0.255 e. The molecular weight excluding hydrogens is 344 g/mol. The average molecular weight is 364 g/mol. The molecule has 27 heavy (non-hydrogen) atoms. The van der Waals surface area contributed by atoms with Gasteiger partial charge in [0.2, 0.25) is 0 Å². The Balaban J connectivity index is 1.57. The predicted octanol–water partition coefficient (Wildman–Crippen LogP) is 2.80. The Morgan fingerprint density at radius 3 is 2.56 bits per heavy atom. The molecule has 3 aromatic rings. The van der Waals surface area contributed by atoms with E-state index in [0.717, 1.165) is 11.1 Å². The molecule has 1 aliphatic rings. The van der Waals surface area contributed by atoms with Crippen molar-refractivity contribution in [1.29, 1.82) is 0 Å². The summed E-state index contributed by atoms with van der Waals surface area (Å²) in [7, 11) is 3.11. The lowest BCUT2D eigenvalue weighted by molar-refractivity contribution is 0.0935. The first-order valence-electron chi connectivity index (χ1n) is 8.57. The van der Waals surface area contributed by atoms with Crippen LogP contribution in [-0.2, 0) is 6.54 Å². The van der Waals surface area contributed by atoms with Crippen LogP contribution in [0.15, 0.2) is 54.9 Å². The van der Waals surface area contributed by atoms with Gasteiger partial charge in [-0.25, -0.2) is 0 Å². The summed E-state index contributed by atoms with van der Waals surface area (Å²) in [5.74, 6) is 0.907. The third-order valence-corrected chi connectivity index (χ3v) is 4.52. The zero-order valence-corrected chi connectivity index (χ0v) is 15.1. The third-order valence-electron chi connectivity index (χ3n) is 4.52. The molecule has 0 aliphatic carbocycles. The normalized spacial score (nSPS) is 15.5. The molecule has 0 spiro atoms. The van der Waals surface area contributed by atoms with Crippen LogP contribution in [0.4, 0.5) is 5.69 Å². The molecule has 0 fully saturated rings. The van der Waals surface area contributed by atoms with Crippen LogP contribution < -0.4 is 20.1 Å². The van der Waals surface area contributed by atoms with Crippen LogP contribution in [0.3, 0.4) is 0 Å². The van der Waals surface area contributed by atoms with Crippen LogP contribution >= 0.6 is 0 Å². The van der Waals surface area contributed by atoms with E-state index in [1.54, 1.807) is 32.5 Å². The van der Waals surface area contributed by atoms with Gasteiger partial charge in [0.25, 0.3) is 5.91 Å². The summed E-state index contributed by atoms with van der Waals surface area (Å²) < 4.78 is 12.5. The minimum Gasteiger partial charge on any atom is -0.493 e. The summed E-state index contributed by atoms with van der Waals surface area (Å²) in [6, 6.07) is 13.5. The van der Waals surface area contributed by atoms with Crippen molar-refractivity contribution >= 4 is 11.6 Å². The number of methoxy groups -OCH3 is 2. The summed E-state index contributed by atoms with van der Waals surface area (Å²) in [4.78, 5) is 12.6. The van der Waals surface area contributed by atoms with Crippen molar-refractivity contribution in [3.8, 4) is 11.5 Å². The summed E-state index contributed by atoms with van der Waals surface area (Å²) >= 11 is 0. The van der Waals surface area contributed by atoms with Gasteiger partial charge in [0.15, 0.2) is 11.5 Å². The summed E-state index contributed by atoms with van der Waals surface area (Å²) in [6.07, 6.45) is 3.32. The van der Waals surface area contributed by atoms with Gasteiger partial charge in [0, 0.05) is 17.8 Å². The van der Waals surface area contributed by atoms with Gasteiger partial charge in [0.05, 0.1) is 38.2 Å². The molecule has 0 saturated heterocycles. The zero-order valence-electron chi connectivity index (χ0n) is 15.1. The molecule has 0 unspecified atom stereocenters. The lowest BCUT2D eigenvalue weighted by Gasteiger charge is -2.28. The van der Waals surface area contributed by atoms with Crippen LogP contribution in [0.2, 0.25) is 0 Å². The Bertz CT molecular complexity index is 969. The molecule has 2 aromatic carbocycles. The maximum absolute atomic E-state index is 12.6. The first kappa shape index (κ1) is 17.0. The highest BCUT2D eigenvalue weighted by Crippen LogP contribution is 2.36. The molecule has 0 radical (unpaired) electrons. The number of carbonyl (C=O) groups excluding carboxylic acids is 1. The van der Waals surface area contributed by atoms with Gasteiger partial charge in [-0.2, -0.15) is 5.10 Å². The van der Waals surface area contributed by atoms with E-state index in [1.807, 2.05) is 29.1 Å². The average Bonchev–Trinajstić information content (AvgIpc) is 3.16. The molecule has 0 saturated carbocycles. The largest absolute Gasteiger partial charge is 0.493 e. The van der Waals surface area contributed by atoms with Crippen molar-refractivity contribution in [3.63, 3.8) is 0 Å². The lowest BCUT2D eigenvalue weighted by atomic mass is 10.1. The number of amides is 1. The minimum atomic E-state index is -0.368. The van der Waals surface area contributed by atoms with Crippen molar-refractivity contribution in [2.45, 2.75) is 12.7 Å². The Labute approximate surface area is 156 Å². The van der Waals surface area contributed by atoms with Crippen molar-refractivity contribution in [2.24, 2.45) is 0 Å². The standard InChI is InChI=1S/C20H20N4O3/c1-26-17-8-15-16(9-18(17)27-2)22-19(23-20(15)25)14-10-21-24(12-14)11-13-6-4-3-5-7-13/h3-10,12,19,22H,11H2,1-2H3,(H,23,25)/t19-/m0/s1. The van der Waals surface area contributed by atoms with Crippen LogP contribution in [-0.4, -0.2) is 29.9 Å². The monoisotopic (exact) mass is 364 g/mol. The molecule has 1 atom stereocenters. The molecule has 0 bridgehead atoms. The summed E-state index contributed by atoms with van der Waals surface area (Å²) in [5, 5.41) is 10.7. The van der Waals surface area contributed by atoms with Crippen molar-refractivity contribution in [2.75, 3.05) is 19.5 Å². The number of ether oxygens (including phenoxy) is 2. The second-order valence-electron chi connectivity index (χ2n) is 6.26. The van der Waals surface area contributed by atoms with E-state index in [2.05, 4.69) is 27.9 Å². The Kier molecular flexibility index (Phi) is 4.42. The molecule has 4 rings (SSSR count). The number of hydrogen-bond donors (Lipinski definition) is 2. The van der Waals surface area contributed by atoms with Crippen molar-refractivity contribution in [1.82, 2.24) is 15.1 Å². The van der Waals surface area contributed by atoms with Gasteiger partial charge in [-0.1, -0.05) is 30.3 Å². The van der Waals surface area contributed by atoms with Gasteiger partial charge in [-0.05, 0) is 11.6 Å². The SMILES string of the molecule is COc1cc2c(cc1OC)C(=O)N[C@@H](c1cnn(Cc3ccccc3)c1)N2. The Hall–Kier alpha value is -3.48. The number of rotatable bonds is 5. The third kappa shape index (κ3) is 3.31. The fraction of sp³-hybridized carbons (Fsp3) is 0.200. The molecule has 2 N–H and O–H groups in total. The van der Waals surface area contributed by atoms with Gasteiger partial charge < -0.3 is 20.1 Å². The number of anilines is 1. The van der Waals surface area contributed by atoms with Gasteiger partial charge >= 0.3 is 0 Å². The quantitative estimate of drug-likeness (QED) is 0.728. The number of carbonyl (C=O) groups is 1. The van der Waals surface area contributed by atoms with Gasteiger partial charge in [-0.15, -0.1) is 0 Å². The summed E-state index contributed by atoms with van der Waals surface area (Å²) in [5.41, 5.74) is 3.24. The fourth-order valence-corrected chi connectivity index (χ4v) is 3.14. The van der Waals surface area contributed by atoms with Crippen LogP contribution in [0.1, 0.15) is 27.7 Å². The zero-order chi connectivity index (χ0) is 18.8. The molecule has 138 valence electrons. The van der Waals surface area contributed by atoms with E-state index in [1.165, 1.54) is 0 Å². The molecule has 7 heteroatoms. The first-order valence-corrected chi connectivity index (χ1v) is 8.57. The smallest absolute Gasteiger partial charge is 0.255 e. The molecule has 1 amide bonds. The van der Waals surface area contributed by atoms with E-state index in [-0.39, 0.29) is 12.1 Å². The lowest BCUT2D eigenvalue weighted by Crippen LogP contribution is -2.38. The summed E-state index contributed by atoms with van der Waals surface area (Å²) in [6.45, 7) is 0.670. The maximum atomic E-state index is 12.6.